The summed E-state index contributed by atoms with van der Waals surface area (Å²) >= 11 is 4.31. The van der Waals surface area contributed by atoms with Crippen molar-refractivity contribution in [3.8, 4) is 0 Å². The maximum atomic E-state index is 9.12. The van der Waals surface area contributed by atoms with Crippen molar-refractivity contribution in [2.45, 2.75) is 20.2 Å². The Kier molecular flexibility index (Phi) is 3.61. The van der Waals surface area contributed by atoms with E-state index in [-0.39, 0.29) is 20.6 Å². The number of aliphatic hydroxyl groups is 2. The van der Waals surface area contributed by atoms with Crippen LogP contribution in [0.5, 0.6) is 0 Å². The lowest BCUT2D eigenvalue weighted by molar-refractivity contribution is -0.0971. The van der Waals surface area contributed by atoms with Crippen LogP contribution in [0.1, 0.15) is 0 Å². The third-order valence-corrected chi connectivity index (χ3v) is 5.77. The van der Waals surface area contributed by atoms with E-state index in [0.717, 1.165) is 0 Å². The fourth-order valence-electron chi connectivity index (χ4n) is 0.835. The minimum absolute atomic E-state index is 0.00975. The zero-order valence-electron chi connectivity index (χ0n) is 5.08. The molecule has 1 saturated heterocycles. The Balaban J connectivity index is 2.53. The summed E-state index contributed by atoms with van der Waals surface area (Å²) in [5, 5.41) is 17.9. The fraction of sp³-hybridized carbons (Fsp3) is 1.00. The van der Waals surface area contributed by atoms with Crippen LogP contribution >= 0.6 is 45.2 Å². The van der Waals surface area contributed by atoms with Gasteiger partial charge < -0.3 is 14.9 Å². The third kappa shape index (κ3) is 1.74. The fourth-order valence-corrected chi connectivity index (χ4v) is 2.22. The van der Waals surface area contributed by atoms with Crippen molar-refractivity contribution in [1.29, 1.82) is 0 Å². The first-order valence-electron chi connectivity index (χ1n) is 2.89. The van der Waals surface area contributed by atoms with Gasteiger partial charge in [0, 0.05) is 0 Å². The molecular weight excluding hydrogens is 362 g/mol. The van der Waals surface area contributed by atoms with E-state index in [1.54, 1.807) is 0 Å². The van der Waals surface area contributed by atoms with E-state index < -0.39 is 6.29 Å². The molecule has 4 atom stereocenters. The lowest BCUT2D eigenvalue weighted by Gasteiger charge is -2.08. The largest absolute Gasteiger partial charge is 0.394 e. The Morgan fingerprint density at radius 2 is 1.90 bits per heavy atom. The molecule has 0 spiro atoms. The molecule has 0 aliphatic carbocycles. The highest BCUT2D eigenvalue weighted by molar-refractivity contribution is 14.1. The summed E-state index contributed by atoms with van der Waals surface area (Å²) in [6.07, 6.45) is -0.905. The van der Waals surface area contributed by atoms with Gasteiger partial charge in [-0.2, -0.15) is 0 Å². The van der Waals surface area contributed by atoms with Crippen LogP contribution in [0.15, 0.2) is 0 Å². The molecular formula is C5H8I2O3. The number of hydrogen-bond acceptors (Lipinski definition) is 3. The lowest BCUT2D eigenvalue weighted by atomic mass is 10.2. The number of aliphatic hydroxyl groups excluding tert-OH is 2. The van der Waals surface area contributed by atoms with Crippen LogP contribution in [0.4, 0.5) is 0 Å². The molecule has 0 aromatic rings. The van der Waals surface area contributed by atoms with Crippen LogP contribution in [0.25, 0.3) is 0 Å². The van der Waals surface area contributed by atoms with Gasteiger partial charge >= 0.3 is 0 Å². The van der Waals surface area contributed by atoms with Crippen molar-refractivity contribution in [1.82, 2.24) is 0 Å². The molecule has 1 fully saturated rings. The van der Waals surface area contributed by atoms with Crippen molar-refractivity contribution >= 4 is 45.2 Å². The van der Waals surface area contributed by atoms with Crippen LogP contribution < -0.4 is 0 Å². The van der Waals surface area contributed by atoms with Crippen molar-refractivity contribution in [2.75, 3.05) is 6.61 Å². The van der Waals surface area contributed by atoms with Crippen molar-refractivity contribution in [3.05, 3.63) is 0 Å². The van der Waals surface area contributed by atoms with Gasteiger partial charge in [-0.25, -0.2) is 0 Å². The molecule has 10 heavy (non-hydrogen) atoms. The van der Waals surface area contributed by atoms with Crippen molar-refractivity contribution in [3.63, 3.8) is 0 Å². The molecule has 5 heteroatoms. The summed E-state index contributed by atoms with van der Waals surface area (Å²) in [6.45, 7) is -0.00975. The monoisotopic (exact) mass is 370 g/mol. The van der Waals surface area contributed by atoms with Gasteiger partial charge in [0.25, 0.3) is 0 Å². The molecule has 0 saturated carbocycles. The van der Waals surface area contributed by atoms with E-state index in [9.17, 15) is 0 Å². The molecule has 0 bridgehead atoms. The second-order valence-corrected chi connectivity index (χ2v) is 5.01. The Bertz CT molecular complexity index is 121. The van der Waals surface area contributed by atoms with Crippen LogP contribution in [-0.4, -0.2) is 37.1 Å². The molecule has 2 N–H and O–H groups in total. The molecule has 1 aliphatic heterocycles. The second-order valence-electron chi connectivity index (χ2n) is 2.14. The molecule has 3 nitrogen and oxygen atoms in total. The average Bonchev–Trinajstić information content (AvgIpc) is 2.17. The summed E-state index contributed by atoms with van der Waals surface area (Å²) in [7, 11) is 0. The quantitative estimate of drug-likeness (QED) is 0.516. The highest BCUT2D eigenvalue weighted by Crippen LogP contribution is 2.31. The van der Waals surface area contributed by atoms with Crippen molar-refractivity contribution < 1.29 is 14.9 Å². The van der Waals surface area contributed by atoms with E-state index in [1.807, 2.05) is 0 Å². The van der Waals surface area contributed by atoms with E-state index in [1.165, 1.54) is 0 Å². The maximum absolute atomic E-state index is 9.12. The van der Waals surface area contributed by atoms with E-state index in [2.05, 4.69) is 45.2 Å². The summed E-state index contributed by atoms with van der Waals surface area (Å²) < 4.78 is 5.33. The maximum Gasteiger partial charge on any atom is 0.167 e. The van der Waals surface area contributed by atoms with Crippen LogP contribution in [0.3, 0.4) is 0 Å². The van der Waals surface area contributed by atoms with Gasteiger partial charge in [0.15, 0.2) is 6.29 Å². The summed E-state index contributed by atoms with van der Waals surface area (Å²) in [5.74, 6) is 0. The van der Waals surface area contributed by atoms with Gasteiger partial charge in [-0.15, -0.1) is 0 Å². The van der Waals surface area contributed by atoms with Crippen LogP contribution in [-0.2, 0) is 4.74 Å². The molecule has 3 unspecified atom stereocenters. The predicted octanol–water partition coefficient (Wildman–Crippen LogP) is 0.303. The Morgan fingerprint density at radius 3 is 2.10 bits per heavy atom. The lowest BCUT2D eigenvalue weighted by Crippen LogP contribution is -2.23. The molecule has 0 amide bonds. The first-order valence-corrected chi connectivity index (χ1v) is 5.38. The molecule has 1 heterocycles. The molecule has 0 aromatic heterocycles. The highest BCUT2D eigenvalue weighted by atomic mass is 127. The topological polar surface area (TPSA) is 49.7 Å². The van der Waals surface area contributed by atoms with Gasteiger partial charge in [-0.05, 0) is 0 Å². The number of hydrogen-bond donors (Lipinski definition) is 2. The number of alkyl halides is 2. The molecule has 1 aliphatic rings. The van der Waals surface area contributed by atoms with Gasteiger partial charge in [0.2, 0.25) is 0 Å². The van der Waals surface area contributed by atoms with E-state index in [0.29, 0.717) is 0 Å². The summed E-state index contributed by atoms with van der Waals surface area (Å²) in [6, 6.07) is 0. The minimum Gasteiger partial charge on any atom is -0.394 e. The third-order valence-electron chi connectivity index (χ3n) is 1.43. The normalized spacial score (nSPS) is 48.0. The minimum atomic E-state index is -0.709. The molecule has 0 aromatic carbocycles. The second kappa shape index (κ2) is 3.83. The molecule has 0 radical (unpaired) electrons. The zero-order valence-corrected chi connectivity index (χ0v) is 9.39. The first-order chi connectivity index (χ1) is 4.66. The zero-order chi connectivity index (χ0) is 7.72. The van der Waals surface area contributed by atoms with Crippen LogP contribution in [0.2, 0.25) is 0 Å². The van der Waals surface area contributed by atoms with E-state index >= 15 is 0 Å². The SMILES string of the molecule is OC[C@H]1OC(O)C(I)C1I. The van der Waals surface area contributed by atoms with Gasteiger partial charge in [-0.3, -0.25) is 0 Å². The molecule has 60 valence electrons. The Morgan fingerprint density at radius 1 is 1.30 bits per heavy atom. The number of ether oxygens (including phenoxy) is 1. The highest BCUT2D eigenvalue weighted by Gasteiger charge is 2.39. The molecule has 1 rings (SSSR count). The standard InChI is InChI=1S/C5H8I2O3/c6-3-2(1-8)10-5(9)4(3)7/h2-5,8-9H,1H2/t2-,3?,4?,5?/m1/s1. The Hall–Kier alpha value is 1.34. The number of rotatable bonds is 1. The van der Waals surface area contributed by atoms with Gasteiger partial charge in [-0.1, -0.05) is 45.2 Å². The smallest absolute Gasteiger partial charge is 0.167 e. The van der Waals surface area contributed by atoms with Crippen molar-refractivity contribution in [2.24, 2.45) is 0 Å². The number of halogens is 2. The van der Waals surface area contributed by atoms with Gasteiger partial charge in [0.1, 0.15) is 0 Å². The van der Waals surface area contributed by atoms with Gasteiger partial charge in [0.05, 0.1) is 20.6 Å². The van der Waals surface area contributed by atoms with E-state index in [4.69, 9.17) is 14.9 Å². The Labute approximate surface area is 86.4 Å². The first kappa shape index (κ1) is 9.43. The summed E-state index contributed by atoms with van der Waals surface area (Å²) in [5.41, 5.74) is 0. The summed E-state index contributed by atoms with van der Waals surface area (Å²) in [4.78, 5) is 0. The predicted molar refractivity (Wildman–Crippen MR) is 53.6 cm³/mol. The van der Waals surface area contributed by atoms with Crippen LogP contribution in [0, 0.1) is 0 Å². The average molecular weight is 370 g/mol.